The molecule has 1 aliphatic heterocycles. The molecule has 2 heterocycles. The van der Waals surface area contributed by atoms with Crippen LogP contribution in [0.3, 0.4) is 0 Å². The smallest absolute Gasteiger partial charge is 0.274 e. The van der Waals surface area contributed by atoms with Crippen LogP contribution in [0.2, 0.25) is 0 Å². The number of aryl methyl sites for hydroxylation is 1. The number of nitrogens with zero attached hydrogens (tertiary/aromatic N) is 3. The molecule has 1 spiro atoms. The fourth-order valence-electron chi connectivity index (χ4n) is 4.14. The monoisotopic (exact) mass is 318 g/mol. The summed E-state index contributed by atoms with van der Waals surface area (Å²) in [6.45, 7) is 5.14. The molecule has 1 atom stereocenters. The summed E-state index contributed by atoms with van der Waals surface area (Å²) in [4.78, 5) is 31.4. The number of hydrogen-bond donors (Lipinski definition) is 1. The van der Waals surface area contributed by atoms with E-state index in [2.05, 4.69) is 10.3 Å². The van der Waals surface area contributed by atoms with E-state index in [1.54, 1.807) is 17.1 Å². The molecule has 23 heavy (non-hydrogen) atoms. The first-order chi connectivity index (χ1) is 10.9. The summed E-state index contributed by atoms with van der Waals surface area (Å²) >= 11 is 0. The van der Waals surface area contributed by atoms with Gasteiger partial charge in [-0.3, -0.25) is 9.59 Å². The summed E-state index contributed by atoms with van der Waals surface area (Å²) in [5.74, 6) is -0.0602. The number of carbonyl (C=O) groups is 2. The Morgan fingerprint density at radius 3 is 2.61 bits per heavy atom. The highest BCUT2D eigenvalue weighted by atomic mass is 16.2. The minimum absolute atomic E-state index is 0.0383. The average Bonchev–Trinajstić information content (AvgIpc) is 3.19. The third-order valence-electron chi connectivity index (χ3n) is 5.21. The SMILES string of the molecule is CC(C)NC(=O)C1CN(C(=O)c2cn(C)cn2)CC12CCCC2. The molecule has 2 amide bonds. The van der Waals surface area contributed by atoms with Gasteiger partial charge < -0.3 is 14.8 Å². The topological polar surface area (TPSA) is 67.2 Å². The maximum atomic E-state index is 12.7. The minimum atomic E-state index is -0.0972. The van der Waals surface area contributed by atoms with Crippen molar-refractivity contribution in [2.45, 2.75) is 45.6 Å². The molecule has 1 aliphatic carbocycles. The van der Waals surface area contributed by atoms with E-state index in [0.717, 1.165) is 25.7 Å². The number of imidazole rings is 1. The molecule has 6 heteroatoms. The van der Waals surface area contributed by atoms with E-state index < -0.39 is 0 Å². The zero-order valence-corrected chi connectivity index (χ0v) is 14.2. The first kappa shape index (κ1) is 16.0. The lowest BCUT2D eigenvalue weighted by molar-refractivity contribution is -0.128. The Morgan fingerprint density at radius 2 is 2.04 bits per heavy atom. The lowest BCUT2D eigenvalue weighted by Gasteiger charge is -2.29. The van der Waals surface area contributed by atoms with Gasteiger partial charge in [-0.2, -0.15) is 0 Å². The van der Waals surface area contributed by atoms with Gasteiger partial charge >= 0.3 is 0 Å². The van der Waals surface area contributed by atoms with Gasteiger partial charge in [-0.1, -0.05) is 12.8 Å². The number of hydrogen-bond acceptors (Lipinski definition) is 3. The summed E-state index contributed by atoms with van der Waals surface area (Å²) < 4.78 is 1.78. The third kappa shape index (κ3) is 2.99. The molecule has 6 nitrogen and oxygen atoms in total. The number of amides is 2. The van der Waals surface area contributed by atoms with Crippen LogP contribution < -0.4 is 5.32 Å². The molecule has 1 aromatic heterocycles. The van der Waals surface area contributed by atoms with Crippen molar-refractivity contribution >= 4 is 11.8 Å². The Hall–Kier alpha value is -1.85. The normalized spacial score (nSPS) is 23.0. The van der Waals surface area contributed by atoms with Crippen LogP contribution in [0.15, 0.2) is 12.5 Å². The molecule has 1 unspecified atom stereocenters. The maximum absolute atomic E-state index is 12.7. The van der Waals surface area contributed by atoms with Gasteiger partial charge in [-0.05, 0) is 26.7 Å². The summed E-state index contributed by atoms with van der Waals surface area (Å²) in [6, 6.07) is 0.126. The van der Waals surface area contributed by atoms with Crippen molar-refractivity contribution < 1.29 is 9.59 Å². The van der Waals surface area contributed by atoms with E-state index in [1.165, 1.54) is 0 Å². The number of aromatic nitrogens is 2. The number of rotatable bonds is 3. The summed E-state index contributed by atoms with van der Waals surface area (Å²) in [5.41, 5.74) is 0.425. The second-order valence-electron chi connectivity index (χ2n) is 7.40. The van der Waals surface area contributed by atoms with E-state index in [4.69, 9.17) is 0 Å². The molecule has 3 rings (SSSR count). The predicted molar refractivity (Wildman–Crippen MR) is 86.8 cm³/mol. The van der Waals surface area contributed by atoms with E-state index in [9.17, 15) is 9.59 Å². The average molecular weight is 318 g/mol. The van der Waals surface area contributed by atoms with Crippen molar-refractivity contribution in [2.75, 3.05) is 13.1 Å². The first-order valence-corrected chi connectivity index (χ1v) is 8.49. The summed E-state index contributed by atoms with van der Waals surface area (Å²) in [5, 5.41) is 3.04. The molecule has 0 aromatic carbocycles. The zero-order valence-electron chi connectivity index (χ0n) is 14.2. The van der Waals surface area contributed by atoms with Crippen LogP contribution in [0.1, 0.15) is 50.0 Å². The molecule has 126 valence electrons. The van der Waals surface area contributed by atoms with Gasteiger partial charge in [0.2, 0.25) is 5.91 Å². The second kappa shape index (κ2) is 5.98. The lowest BCUT2D eigenvalue weighted by Crippen LogP contribution is -2.42. The van der Waals surface area contributed by atoms with Crippen molar-refractivity contribution in [1.82, 2.24) is 19.8 Å². The number of carbonyl (C=O) groups excluding carboxylic acids is 2. The number of likely N-dealkylation sites (tertiary alicyclic amines) is 1. The van der Waals surface area contributed by atoms with Gasteiger partial charge in [0.25, 0.3) is 5.91 Å². The Bertz CT molecular complexity index is 601. The van der Waals surface area contributed by atoms with Crippen LogP contribution in [-0.2, 0) is 11.8 Å². The molecule has 2 aliphatic rings. The molecule has 1 saturated heterocycles. The highest BCUT2D eigenvalue weighted by Gasteiger charge is 2.52. The summed E-state index contributed by atoms with van der Waals surface area (Å²) in [7, 11) is 1.85. The van der Waals surface area contributed by atoms with Gasteiger partial charge in [-0.25, -0.2) is 4.98 Å². The van der Waals surface area contributed by atoms with Gasteiger partial charge in [-0.15, -0.1) is 0 Å². The Labute approximate surface area is 137 Å². The van der Waals surface area contributed by atoms with Crippen LogP contribution in [0, 0.1) is 11.3 Å². The van der Waals surface area contributed by atoms with E-state index >= 15 is 0 Å². The standard InChI is InChI=1S/C17H26N4O2/c1-12(2)19-15(22)13-8-21(10-17(13)6-4-5-7-17)16(23)14-9-20(3)11-18-14/h9,11-13H,4-8,10H2,1-3H3,(H,19,22). The molecule has 2 fully saturated rings. The van der Waals surface area contributed by atoms with E-state index in [1.807, 2.05) is 25.8 Å². The Balaban J connectivity index is 1.80. The number of nitrogens with one attached hydrogen (secondary N) is 1. The first-order valence-electron chi connectivity index (χ1n) is 8.49. The molecule has 0 radical (unpaired) electrons. The van der Waals surface area contributed by atoms with Crippen molar-refractivity contribution in [3.05, 3.63) is 18.2 Å². The van der Waals surface area contributed by atoms with Gasteiger partial charge in [0.1, 0.15) is 5.69 Å². The van der Waals surface area contributed by atoms with Gasteiger partial charge in [0, 0.05) is 37.8 Å². The predicted octanol–water partition coefficient (Wildman–Crippen LogP) is 1.58. The van der Waals surface area contributed by atoms with Crippen molar-refractivity contribution in [2.24, 2.45) is 18.4 Å². The summed E-state index contributed by atoms with van der Waals surface area (Å²) in [6.07, 6.45) is 7.75. The molecular weight excluding hydrogens is 292 g/mol. The van der Waals surface area contributed by atoms with Gasteiger partial charge in [0.05, 0.1) is 12.2 Å². The van der Waals surface area contributed by atoms with Crippen molar-refractivity contribution in [1.29, 1.82) is 0 Å². The van der Waals surface area contributed by atoms with Crippen LogP contribution in [-0.4, -0.2) is 45.4 Å². The van der Waals surface area contributed by atoms with Crippen molar-refractivity contribution in [3.8, 4) is 0 Å². The fourth-order valence-corrected chi connectivity index (χ4v) is 4.14. The van der Waals surface area contributed by atoms with Crippen LogP contribution >= 0.6 is 0 Å². The van der Waals surface area contributed by atoms with Crippen molar-refractivity contribution in [3.63, 3.8) is 0 Å². The molecular formula is C17H26N4O2. The van der Waals surface area contributed by atoms with E-state index in [-0.39, 0.29) is 29.2 Å². The third-order valence-corrected chi connectivity index (χ3v) is 5.21. The van der Waals surface area contributed by atoms with Crippen LogP contribution in [0.25, 0.3) is 0 Å². The van der Waals surface area contributed by atoms with Crippen LogP contribution in [0.4, 0.5) is 0 Å². The Kier molecular flexibility index (Phi) is 4.17. The van der Waals surface area contributed by atoms with Crippen LogP contribution in [0.5, 0.6) is 0 Å². The molecule has 0 bridgehead atoms. The maximum Gasteiger partial charge on any atom is 0.274 e. The molecule has 1 aromatic rings. The molecule has 1 N–H and O–H groups in total. The minimum Gasteiger partial charge on any atom is -0.354 e. The largest absolute Gasteiger partial charge is 0.354 e. The lowest BCUT2D eigenvalue weighted by atomic mass is 9.76. The molecule has 1 saturated carbocycles. The second-order valence-corrected chi connectivity index (χ2v) is 7.40. The zero-order chi connectivity index (χ0) is 16.6. The highest BCUT2D eigenvalue weighted by Crippen LogP contribution is 2.49. The highest BCUT2D eigenvalue weighted by molar-refractivity contribution is 5.93. The fraction of sp³-hybridized carbons (Fsp3) is 0.706. The Morgan fingerprint density at radius 1 is 1.35 bits per heavy atom. The van der Waals surface area contributed by atoms with E-state index in [0.29, 0.717) is 18.8 Å². The van der Waals surface area contributed by atoms with Gasteiger partial charge in [0.15, 0.2) is 0 Å². The quantitative estimate of drug-likeness (QED) is 0.920.